The molecule has 102 valence electrons. The van der Waals surface area contributed by atoms with Crippen LogP contribution in [0.2, 0.25) is 0 Å². The van der Waals surface area contributed by atoms with Crippen LogP contribution in [0.3, 0.4) is 0 Å². The Morgan fingerprint density at radius 2 is 2.32 bits per heavy atom. The van der Waals surface area contributed by atoms with Crippen LogP contribution in [-0.2, 0) is 0 Å². The molecule has 0 bridgehead atoms. The van der Waals surface area contributed by atoms with Crippen LogP contribution < -0.4 is 5.32 Å². The standard InChI is InChI=1S/C14H20N4O/c1-4-7-16-13-6-5-12(9-17-13)14(19)18(3)10-11(2)8-15/h5-6,9,11H,4,7,10H2,1-3H3,(H,16,17). The fourth-order valence-corrected chi connectivity index (χ4v) is 1.63. The van der Waals surface area contributed by atoms with Gasteiger partial charge in [-0.2, -0.15) is 5.26 Å². The zero-order chi connectivity index (χ0) is 14.3. The summed E-state index contributed by atoms with van der Waals surface area (Å²) in [7, 11) is 1.69. The topological polar surface area (TPSA) is 69.0 Å². The smallest absolute Gasteiger partial charge is 0.255 e. The molecule has 1 rings (SSSR count). The van der Waals surface area contributed by atoms with Crippen molar-refractivity contribution in [2.24, 2.45) is 5.92 Å². The highest BCUT2D eigenvalue weighted by molar-refractivity contribution is 5.93. The zero-order valence-electron chi connectivity index (χ0n) is 11.7. The number of nitrogens with zero attached hydrogens (tertiary/aromatic N) is 3. The molecule has 0 radical (unpaired) electrons. The van der Waals surface area contributed by atoms with E-state index in [1.807, 2.05) is 0 Å². The Hall–Kier alpha value is -2.09. The van der Waals surface area contributed by atoms with Gasteiger partial charge in [-0.1, -0.05) is 6.92 Å². The van der Waals surface area contributed by atoms with Crippen LogP contribution in [0.4, 0.5) is 5.82 Å². The highest BCUT2D eigenvalue weighted by Gasteiger charge is 2.14. The number of aromatic nitrogens is 1. The number of hydrogen-bond donors (Lipinski definition) is 1. The Balaban J connectivity index is 2.64. The van der Waals surface area contributed by atoms with Gasteiger partial charge in [-0.05, 0) is 25.5 Å². The summed E-state index contributed by atoms with van der Waals surface area (Å²) < 4.78 is 0. The van der Waals surface area contributed by atoms with Gasteiger partial charge in [-0.25, -0.2) is 4.98 Å². The molecule has 0 aliphatic heterocycles. The van der Waals surface area contributed by atoms with Crippen molar-refractivity contribution in [3.63, 3.8) is 0 Å². The molecule has 0 aliphatic rings. The van der Waals surface area contributed by atoms with Crippen LogP contribution in [0, 0.1) is 17.2 Å². The first kappa shape index (κ1) is 15.0. The number of pyridine rings is 1. The second-order valence-corrected chi connectivity index (χ2v) is 4.57. The average molecular weight is 260 g/mol. The number of anilines is 1. The molecular weight excluding hydrogens is 240 g/mol. The van der Waals surface area contributed by atoms with Crippen LogP contribution in [0.15, 0.2) is 18.3 Å². The van der Waals surface area contributed by atoms with Gasteiger partial charge in [0.2, 0.25) is 0 Å². The van der Waals surface area contributed by atoms with Crippen molar-refractivity contribution in [1.29, 1.82) is 5.26 Å². The number of nitrogens with one attached hydrogen (secondary N) is 1. The van der Waals surface area contributed by atoms with Gasteiger partial charge < -0.3 is 10.2 Å². The summed E-state index contributed by atoms with van der Waals surface area (Å²) in [5, 5.41) is 11.9. The van der Waals surface area contributed by atoms with E-state index in [1.165, 1.54) is 0 Å². The van der Waals surface area contributed by atoms with Crippen molar-refractivity contribution < 1.29 is 4.79 Å². The Morgan fingerprint density at radius 1 is 1.58 bits per heavy atom. The minimum Gasteiger partial charge on any atom is -0.370 e. The Morgan fingerprint density at radius 3 is 2.84 bits per heavy atom. The van der Waals surface area contributed by atoms with E-state index in [1.54, 1.807) is 37.2 Å². The first-order chi connectivity index (χ1) is 9.08. The largest absolute Gasteiger partial charge is 0.370 e. The van der Waals surface area contributed by atoms with Gasteiger partial charge in [0.1, 0.15) is 5.82 Å². The Kier molecular flexibility index (Phi) is 5.80. The van der Waals surface area contributed by atoms with E-state index >= 15 is 0 Å². The summed E-state index contributed by atoms with van der Waals surface area (Å²) in [6.45, 7) is 5.15. The number of nitriles is 1. The molecule has 0 saturated heterocycles. The number of carbonyl (C=O) groups is 1. The predicted molar refractivity (Wildman–Crippen MR) is 74.8 cm³/mol. The van der Waals surface area contributed by atoms with Gasteiger partial charge in [0.25, 0.3) is 5.91 Å². The maximum absolute atomic E-state index is 12.1. The lowest BCUT2D eigenvalue weighted by atomic mass is 10.2. The summed E-state index contributed by atoms with van der Waals surface area (Å²) in [4.78, 5) is 17.8. The summed E-state index contributed by atoms with van der Waals surface area (Å²) in [6, 6.07) is 5.66. The predicted octanol–water partition coefficient (Wildman–Crippen LogP) is 2.14. The van der Waals surface area contributed by atoms with E-state index in [2.05, 4.69) is 23.3 Å². The quantitative estimate of drug-likeness (QED) is 0.850. The Labute approximate surface area is 114 Å². The lowest BCUT2D eigenvalue weighted by Crippen LogP contribution is -2.30. The van der Waals surface area contributed by atoms with E-state index in [0.29, 0.717) is 12.1 Å². The third kappa shape index (κ3) is 4.59. The van der Waals surface area contributed by atoms with Gasteiger partial charge in [0.15, 0.2) is 0 Å². The molecule has 1 N–H and O–H groups in total. The van der Waals surface area contributed by atoms with Crippen molar-refractivity contribution in [1.82, 2.24) is 9.88 Å². The first-order valence-corrected chi connectivity index (χ1v) is 6.43. The van der Waals surface area contributed by atoms with Gasteiger partial charge in [-0.3, -0.25) is 4.79 Å². The molecule has 1 aromatic rings. The maximum Gasteiger partial charge on any atom is 0.255 e. The van der Waals surface area contributed by atoms with E-state index in [0.717, 1.165) is 18.8 Å². The fourth-order valence-electron chi connectivity index (χ4n) is 1.63. The molecular formula is C14H20N4O. The number of amides is 1. The minimum atomic E-state index is -0.174. The van der Waals surface area contributed by atoms with E-state index < -0.39 is 0 Å². The van der Waals surface area contributed by atoms with Crippen LogP contribution in [0.5, 0.6) is 0 Å². The number of rotatable bonds is 6. The molecule has 0 aromatic carbocycles. The second-order valence-electron chi connectivity index (χ2n) is 4.57. The summed E-state index contributed by atoms with van der Waals surface area (Å²) in [6.07, 6.45) is 2.59. The van der Waals surface area contributed by atoms with Crippen molar-refractivity contribution >= 4 is 11.7 Å². The average Bonchev–Trinajstić information content (AvgIpc) is 2.44. The molecule has 1 aromatic heterocycles. The Bertz CT molecular complexity index is 450. The SMILES string of the molecule is CCCNc1ccc(C(=O)N(C)CC(C)C#N)cn1. The highest BCUT2D eigenvalue weighted by atomic mass is 16.2. The van der Waals surface area contributed by atoms with E-state index in [4.69, 9.17) is 5.26 Å². The monoisotopic (exact) mass is 260 g/mol. The minimum absolute atomic E-state index is 0.114. The first-order valence-electron chi connectivity index (χ1n) is 6.43. The fraction of sp³-hybridized carbons (Fsp3) is 0.500. The third-order valence-electron chi connectivity index (χ3n) is 2.68. The van der Waals surface area contributed by atoms with Crippen LogP contribution in [0.25, 0.3) is 0 Å². The van der Waals surface area contributed by atoms with Crippen molar-refractivity contribution in [3.8, 4) is 6.07 Å². The molecule has 19 heavy (non-hydrogen) atoms. The maximum atomic E-state index is 12.1. The van der Waals surface area contributed by atoms with Gasteiger partial charge in [0, 0.05) is 26.3 Å². The van der Waals surface area contributed by atoms with E-state index in [-0.39, 0.29) is 11.8 Å². The summed E-state index contributed by atoms with van der Waals surface area (Å²) in [5.41, 5.74) is 0.537. The molecule has 0 aliphatic carbocycles. The van der Waals surface area contributed by atoms with Crippen molar-refractivity contribution in [2.75, 3.05) is 25.5 Å². The lowest BCUT2D eigenvalue weighted by molar-refractivity contribution is 0.0784. The molecule has 0 spiro atoms. The molecule has 5 heteroatoms. The molecule has 1 unspecified atom stereocenters. The normalized spacial score (nSPS) is 11.5. The molecule has 5 nitrogen and oxygen atoms in total. The number of hydrogen-bond acceptors (Lipinski definition) is 4. The summed E-state index contributed by atoms with van der Waals surface area (Å²) in [5.74, 6) is 0.482. The highest BCUT2D eigenvalue weighted by Crippen LogP contribution is 2.08. The summed E-state index contributed by atoms with van der Waals surface area (Å²) >= 11 is 0. The number of carbonyl (C=O) groups excluding carboxylic acids is 1. The lowest BCUT2D eigenvalue weighted by Gasteiger charge is -2.18. The van der Waals surface area contributed by atoms with Crippen molar-refractivity contribution in [3.05, 3.63) is 23.9 Å². The molecule has 1 heterocycles. The van der Waals surface area contributed by atoms with Crippen molar-refractivity contribution in [2.45, 2.75) is 20.3 Å². The molecule has 0 saturated carbocycles. The third-order valence-corrected chi connectivity index (χ3v) is 2.68. The van der Waals surface area contributed by atoms with E-state index in [9.17, 15) is 4.79 Å². The van der Waals surface area contributed by atoms with Crippen LogP contribution >= 0.6 is 0 Å². The van der Waals surface area contributed by atoms with Crippen LogP contribution in [-0.4, -0.2) is 35.9 Å². The van der Waals surface area contributed by atoms with Crippen LogP contribution in [0.1, 0.15) is 30.6 Å². The molecule has 0 fully saturated rings. The van der Waals surface area contributed by atoms with Gasteiger partial charge >= 0.3 is 0 Å². The van der Waals surface area contributed by atoms with Gasteiger partial charge in [-0.15, -0.1) is 0 Å². The molecule has 1 atom stereocenters. The zero-order valence-corrected chi connectivity index (χ0v) is 11.7. The molecule has 1 amide bonds. The van der Waals surface area contributed by atoms with Gasteiger partial charge in [0.05, 0.1) is 17.6 Å². The second kappa shape index (κ2) is 7.37.